The number of hydrogen-bond donors (Lipinski definition) is 1. The Balaban J connectivity index is 1.64. The minimum absolute atomic E-state index is 0.0597. The lowest BCUT2D eigenvalue weighted by Crippen LogP contribution is -2.34. The van der Waals surface area contributed by atoms with Crippen molar-refractivity contribution in [2.24, 2.45) is 0 Å². The van der Waals surface area contributed by atoms with Crippen molar-refractivity contribution in [1.82, 2.24) is 19.6 Å². The van der Waals surface area contributed by atoms with Gasteiger partial charge in [0, 0.05) is 25.3 Å². The zero-order valence-corrected chi connectivity index (χ0v) is 15.1. The van der Waals surface area contributed by atoms with E-state index in [9.17, 15) is 9.59 Å². The van der Waals surface area contributed by atoms with Crippen molar-refractivity contribution >= 4 is 17.3 Å². The van der Waals surface area contributed by atoms with Gasteiger partial charge in [-0.1, -0.05) is 31.7 Å². The second-order valence-electron chi connectivity index (χ2n) is 7.40. The van der Waals surface area contributed by atoms with Gasteiger partial charge in [0.15, 0.2) is 5.69 Å². The van der Waals surface area contributed by atoms with Crippen LogP contribution in [-0.4, -0.2) is 45.2 Å². The summed E-state index contributed by atoms with van der Waals surface area (Å²) in [6.45, 7) is 1.54. The van der Waals surface area contributed by atoms with Gasteiger partial charge in [0.25, 0.3) is 11.8 Å². The third-order valence-electron chi connectivity index (χ3n) is 5.54. The number of fused-ring (bicyclic) bond motifs is 1. The molecule has 1 aliphatic heterocycles. The number of nitrogens with one attached hydrogen (secondary N) is 1. The van der Waals surface area contributed by atoms with Crippen molar-refractivity contribution < 1.29 is 9.59 Å². The number of carbonyl (C=O) groups excluding carboxylic acids is 2. The van der Waals surface area contributed by atoms with Crippen LogP contribution in [0.1, 0.15) is 72.5 Å². The second-order valence-corrected chi connectivity index (χ2v) is 7.40. The van der Waals surface area contributed by atoms with Gasteiger partial charge in [-0.25, -0.2) is 4.98 Å². The number of aromatic nitrogens is 2. The summed E-state index contributed by atoms with van der Waals surface area (Å²) in [6, 6.07) is 5.84. The molecule has 1 N–H and O–H groups in total. The molecule has 2 fully saturated rings. The summed E-state index contributed by atoms with van der Waals surface area (Å²) in [5.41, 5.74) is 1.10. The van der Waals surface area contributed by atoms with E-state index >= 15 is 0 Å². The predicted molar refractivity (Wildman–Crippen MR) is 99.3 cm³/mol. The van der Waals surface area contributed by atoms with E-state index < -0.39 is 0 Å². The molecule has 4 rings (SSSR count). The van der Waals surface area contributed by atoms with Crippen LogP contribution in [0.15, 0.2) is 24.4 Å². The van der Waals surface area contributed by atoms with Crippen LogP contribution in [0.4, 0.5) is 0 Å². The fourth-order valence-electron chi connectivity index (χ4n) is 4.10. The Bertz CT molecular complexity index is 799. The van der Waals surface area contributed by atoms with Crippen LogP contribution in [-0.2, 0) is 0 Å². The molecule has 138 valence electrons. The summed E-state index contributed by atoms with van der Waals surface area (Å²) in [5.74, 6) is 0.0641. The predicted octanol–water partition coefficient (Wildman–Crippen LogP) is 3.02. The number of likely N-dealkylation sites (tertiary alicyclic amines) is 1. The van der Waals surface area contributed by atoms with Gasteiger partial charge in [0.2, 0.25) is 5.82 Å². The smallest absolute Gasteiger partial charge is 0.287 e. The van der Waals surface area contributed by atoms with E-state index in [1.165, 1.54) is 12.8 Å². The van der Waals surface area contributed by atoms with E-state index in [0.29, 0.717) is 17.0 Å². The summed E-state index contributed by atoms with van der Waals surface area (Å²) >= 11 is 0. The lowest BCUT2D eigenvalue weighted by Gasteiger charge is -2.19. The van der Waals surface area contributed by atoms with Gasteiger partial charge in [0.1, 0.15) is 0 Å². The minimum atomic E-state index is -0.187. The SMILES string of the molecule is O=C(NC1CCCC1)c1nc(C(=O)N2CCCCCC2)c2ccccn12. The quantitative estimate of drug-likeness (QED) is 0.921. The Hall–Kier alpha value is -2.37. The lowest BCUT2D eigenvalue weighted by atomic mass is 10.2. The third kappa shape index (κ3) is 3.32. The first-order valence-electron chi connectivity index (χ1n) is 9.81. The molecule has 6 heteroatoms. The Labute approximate surface area is 153 Å². The highest BCUT2D eigenvalue weighted by molar-refractivity contribution is 6.02. The number of carbonyl (C=O) groups is 2. The monoisotopic (exact) mass is 354 g/mol. The molecule has 6 nitrogen and oxygen atoms in total. The molecule has 0 aromatic carbocycles. The standard InChI is InChI=1S/C20H26N4O2/c25-19(21-15-9-3-4-10-15)18-22-17(16-11-5-8-14-24(16)18)20(26)23-12-6-1-2-7-13-23/h5,8,11,14-15H,1-4,6-7,9-10,12-13H2,(H,21,25). The highest BCUT2D eigenvalue weighted by Crippen LogP contribution is 2.20. The Morgan fingerprint density at radius 3 is 2.46 bits per heavy atom. The second kappa shape index (κ2) is 7.48. The third-order valence-corrected chi connectivity index (χ3v) is 5.54. The van der Waals surface area contributed by atoms with Crippen molar-refractivity contribution in [3.63, 3.8) is 0 Å². The molecule has 0 atom stereocenters. The molecule has 0 bridgehead atoms. The van der Waals surface area contributed by atoms with E-state index in [1.807, 2.05) is 29.3 Å². The summed E-state index contributed by atoms with van der Waals surface area (Å²) in [6.07, 6.45) is 10.6. The molecule has 2 aromatic heterocycles. The van der Waals surface area contributed by atoms with Crippen LogP contribution in [0.3, 0.4) is 0 Å². The van der Waals surface area contributed by atoms with Crippen LogP contribution < -0.4 is 5.32 Å². The molecular formula is C20H26N4O2. The number of hydrogen-bond acceptors (Lipinski definition) is 3. The van der Waals surface area contributed by atoms with E-state index in [-0.39, 0.29) is 17.9 Å². The van der Waals surface area contributed by atoms with E-state index in [2.05, 4.69) is 10.3 Å². The van der Waals surface area contributed by atoms with Crippen molar-refractivity contribution in [3.8, 4) is 0 Å². The molecular weight excluding hydrogens is 328 g/mol. The number of nitrogens with zero attached hydrogens (tertiary/aromatic N) is 3. The molecule has 0 unspecified atom stereocenters. The van der Waals surface area contributed by atoms with Crippen LogP contribution in [0.25, 0.3) is 5.52 Å². The Morgan fingerprint density at radius 1 is 1.00 bits per heavy atom. The molecule has 2 amide bonds. The van der Waals surface area contributed by atoms with E-state index in [0.717, 1.165) is 51.6 Å². The van der Waals surface area contributed by atoms with Crippen molar-refractivity contribution in [1.29, 1.82) is 0 Å². The van der Waals surface area contributed by atoms with Gasteiger partial charge < -0.3 is 10.2 Å². The summed E-state index contributed by atoms with van der Waals surface area (Å²) in [5, 5.41) is 3.08. The normalized spacial score (nSPS) is 18.8. The average molecular weight is 354 g/mol. The maximum Gasteiger partial charge on any atom is 0.287 e. The zero-order chi connectivity index (χ0) is 17.9. The first kappa shape index (κ1) is 17.1. The Kier molecular flexibility index (Phi) is 4.91. The van der Waals surface area contributed by atoms with Crippen molar-refractivity contribution in [2.45, 2.75) is 57.4 Å². The van der Waals surface area contributed by atoms with Gasteiger partial charge in [-0.05, 0) is 37.8 Å². The highest BCUT2D eigenvalue weighted by Gasteiger charge is 2.27. The average Bonchev–Trinajstić information content (AvgIpc) is 3.21. The van der Waals surface area contributed by atoms with Crippen molar-refractivity contribution in [2.75, 3.05) is 13.1 Å². The van der Waals surface area contributed by atoms with Gasteiger partial charge >= 0.3 is 0 Å². The molecule has 0 radical (unpaired) electrons. The molecule has 2 aromatic rings. The first-order chi connectivity index (χ1) is 12.7. The van der Waals surface area contributed by atoms with Crippen LogP contribution >= 0.6 is 0 Å². The molecule has 1 aliphatic carbocycles. The topological polar surface area (TPSA) is 66.7 Å². The van der Waals surface area contributed by atoms with E-state index in [1.54, 1.807) is 4.40 Å². The number of imidazole rings is 1. The van der Waals surface area contributed by atoms with Gasteiger partial charge in [-0.3, -0.25) is 14.0 Å². The minimum Gasteiger partial charge on any atom is -0.347 e. The largest absolute Gasteiger partial charge is 0.347 e. The summed E-state index contributed by atoms with van der Waals surface area (Å²) in [7, 11) is 0. The first-order valence-corrected chi connectivity index (χ1v) is 9.81. The van der Waals surface area contributed by atoms with Crippen LogP contribution in [0.2, 0.25) is 0 Å². The number of pyridine rings is 1. The fourth-order valence-corrected chi connectivity index (χ4v) is 4.10. The van der Waals surface area contributed by atoms with Crippen LogP contribution in [0, 0.1) is 0 Å². The fraction of sp³-hybridized carbons (Fsp3) is 0.550. The van der Waals surface area contributed by atoms with E-state index in [4.69, 9.17) is 0 Å². The van der Waals surface area contributed by atoms with Gasteiger partial charge in [-0.2, -0.15) is 0 Å². The molecule has 0 spiro atoms. The molecule has 1 saturated carbocycles. The molecule has 2 aliphatic rings. The van der Waals surface area contributed by atoms with Crippen LogP contribution in [0.5, 0.6) is 0 Å². The molecule has 26 heavy (non-hydrogen) atoms. The maximum atomic E-state index is 13.1. The number of amides is 2. The van der Waals surface area contributed by atoms with Gasteiger partial charge in [0.05, 0.1) is 5.52 Å². The van der Waals surface area contributed by atoms with Gasteiger partial charge in [-0.15, -0.1) is 0 Å². The lowest BCUT2D eigenvalue weighted by molar-refractivity contribution is 0.0758. The molecule has 3 heterocycles. The summed E-state index contributed by atoms with van der Waals surface area (Å²) in [4.78, 5) is 32.2. The highest BCUT2D eigenvalue weighted by atomic mass is 16.2. The summed E-state index contributed by atoms with van der Waals surface area (Å²) < 4.78 is 1.75. The zero-order valence-electron chi connectivity index (χ0n) is 15.1. The number of rotatable bonds is 3. The Morgan fingerprint density at radius 2 is 1.73 bits per heavy atom. The molecule has 1 saturated heterocycles. The van der Waals surface area contributed by atoms with Crippen molar-refractivity contribution in [3.05, 3.63) is 35.9 Å². The maximum absolute atomic E-state index is 13.1.